The van der Waals surface area contributed by atoms with Gasteiger partial charge in [-0.3, -0.25) is 4.79 Å². The fraction of sp³-hybridized carbons (Fsp3) is 0.600. The average Bonchev–Trinajstić information content (AvgIpc) is 1.91. The minimum atomic E-state index is 0.0278. The third-order valence-electron chi connectivity index (χ3n) is 1.10. The largest absolute Gasteiger partial charge is 0.272 e. The molecule has 0 aromatic carbocycles. The van der Waals surface area contributed by atoms with Crippen LogP contribution < -0.4 is 0 Å². The van der Waals surface area contributed by atoms with Gasteiger partial charge in [-0.05, 0) is 6.42 Å². The molecule has 1 heterocycles. The Morgan fingerprint density at radius 1 is 2.00 bits per heavy atom. The number of amides is 1. The minimum absolute atomic E-state index is 0.0278. The standard InChI is InChI=1S/C5H7NO/c1-4-2-3-6-5(4)7/h3-4H,2H2,1H3. The smallest absolute Gasteiger partial charge is 0.248 e. The molecule has 1 unspecified atom stereocenters. The Hall–Kier alpha value is -0.660. The Morgan fingerprint density at radius 2 is 2.71 bits per heavy atom. The molecule has 7 heavy (non-hydrogen) atoms. The van der Waals surface area contributed by atoms with E-state index in [1.807, 2.05) is 6.92 Å². The van der Waals surface area contributed by atoms with Gasteiger partial charge in [0.2, 0.25) is 5.91 Å². The highest BCUT2D eigenvalue weighted by molar-refractivity contribution is 5.93. The van der Waals surface area contributed by atoms with E-state index in [2.05, 4.69) is 4.99 Å². The van der Waals surface area contributed by atoms with Gasteiger partial charge in [-0.25, -0.2) is 4.99 Å². The van der Waals surface area contributed by atoms with Gasteiger partial charge in [-0.1, -0.05) is 6.92 Å². The maximum atomic E-state index is 10.4. The SMILES string of the molecule is CC1CC=NC1=O. The summed E-state index contributed by atoms with van der Waals surface area (Å²) in [6.07, 6.45) is 2.51. The maximum Gasteiger partial charge on any atom is 0.248 e. The molecule has 0 aliphatic carbocycles. The Bertz CT molecular complexity index is 117. The first-order valence-corrected chi connectivity index (χ1v) is 2.37. The van der Waals surface area contributed by atoms with Crippen LogP contribution in [-0.2, 0) is 4.79 Å². The molecule has 2 heteroatoms. The summed E-state index contributed by atoms with van der Waals surface area (Å²) >= 11 is 0. The van der Waals surface area contributed by atoms with Crippen molar-refractivity contribution >= 4 is 12.1 Å². The number of nitrogens with zero attached hydrogens (tertiary/aromatic N) is 1. The highest BCUT2D eigenvalue weighted by atomic mass is 16.1. The highest BCUT2D eigenvalue weighted by Crippen LogP contribution is 2.07. The molecule has 0 spiro atoms. The van der Waals surface area contributed by atoms with Crippen molar-refractivity contribution in [3.63, 3.8) is 0 Å². The molecule has 1 aliphatic heterocycles. The second-order valence-electron chi connectivity index (χ2n) is 1.79. The number of carbonyl (C=O) groups excluding carboxylic acids is 1. The van der Waals surface area contributed by atoms with Gasteiger partial charge in [0, 0.05) is 12.1 Å². The number of rotatable bonds is 0. The van der Waals surface area contributed by atoms with Crippen LogP contribution in [0.1, 0.15) is 13.3 Å². The molecule has 1 amide bonds. The average molecular weight is 97.1 g/mol. The van der Waals surface area contributed by atoms with Gasteiger partial charge in [-0.15, -0.1) is 0 Å². The summed E-state index contributed by atoms with van der Waals surface area (Å²) in [6, 6.07) is 0. The first-order valence-electron chi connectivity index (χ1n) is 2.37. The molecule has 0 fully saturated rings. The number of hydrogen-bond acceptors (Lipinski definition) is 1. The van der Waals surface area contributed by atoms with Crippen LogP contribution in [0.3, 0.4) is 0 Å². The monoisotopic (exact) mass is 97.1 g/mol. The van der Waals surface area contributed by atoms with Crippen LogP contribution in [0.5, 0.6) is 0 Å². The molecule has 2 nitrogen and oxygen atoms in total. The predicted molar refractivity (Wildman–Crippen MR) is 27.3 cm³/mol. The van der Waals surface area contributed by atoms with E-state index in [1.165, 1.54) is 0 Å². The minimum Gasteiger partial charge on any atom is -0.272 e. The summed E-state index contributed by atoms with van der Waals surface area (Å²) in [5.74, 6) is 0.181. The molecule has 0 aromatic heterocycles. The molecule has 1 rings (SSSR count). The maximum absolute atomic E-state index is 10.4. The van der Waals surface area contributed by atoms with Gasteiger partial charge < -0.3 is 0 Å². The summed E-state index contributed by atoms with van der Waals surface area (Å²) in [7, 11) is 0. The lowest BCUT2D eigenvalue weighted by Crippen LogP contribution is -1.98. The highest BCUT2D eigenvalue weighted by Gasteiger charge is 2.13. The van der Waals surface area contributed by atoms with E-state index < -0.39 is 0 Å². The van der Waals surface area contributed by atoms with E-state index in [-0.39, 0.29) is 11.8 Å². The van der Waals surface area contributed by atoms with E-state index >= 15 is 0 Å². The second-order valence-corrected chi connectivity index (χ2v) is 1.79. The van der Waals surface area contributed by atoms with Crippen molar-refractivity contribution in [2.45, 2.75) is 13.3 Å². The summed E-state index contributed by atoms with van der Waals surface area (Å²) in [4.78, 5) is 13.9. The molecular formula is C5H7NO. The second kappa shape index (κ2) is 1.45. The first kappa shape index (κ1) is 4.50. The zero-order chi connectivity index (χ0) is 5.28. The lowest BCUT2D eigenvalue weighted by atomic mass is 10.1. The number of hydrogen-bond donors (Lipinski definition) is 0. The van der Waals surface area contributed by atoms with Crippen LogP contribution in [0.15, 0.2) is 4.99 Å². The zero-order valence-corrected chi connectivity index (χ0v) is 4.22. The first-order chi connectivity index (χ1) is 3.30. The van der Waals surface area contributed by atoms with Crippen molar-refractivity contribution < 1.29 is 4.79 Å². The van der Waals surface area contributed by atoms with Crippen molar-refractivity contribution in [2.75, 3.05) is 0 Å². The topological polar surface area (TPSA) is 29.4 Å². The molecule has 1 atom stereocenters. The Balaban J connectivity index is 2.62. The Morgan fingerprint density at radius 3 is 2.86 bits per heavy atom. The lowest BCUT2D eigenvalue weighted by molar-refractivity contribution is -0.120. The van der Waals surface area contributed by atoms with Crippen LogP contribution in [-0.4, -0.2) is 12.1 Å². The van der Waals surface area contributed by atoms with Crippen LogP contribution >= 0.6 is 0 Å². The molecule has 0 saturated heterocycles. The predicted octanol–water partition coefficient (Wildman–Crippen LogP) is 0.624. The molecule has 0 bridgehead atoms. The van der Waals surface area contributed by atoms with Crippen molar-refractivity contribution in [3.05, 3.63) is 0 Å². The van der Waals surface area contributed by atoms with Crippen molar-refractivity contribution in [2.24, 2.45) is 10.9 Å². The molecule has 0 N–H and O–H groups in total. The fourth-order valence-electron chi connectivity index (χ4n) is 0.529. The van der Waals surface area contributed by atoms with Crippen LogP contribution in [0.4, 0.5) is 0 Å². The van der Waals surface area contributed by atoms with Crippen molar-refractivity contribution in [3.8, 4) is 0 Å². The number of carbonyl (C=O) groups is 1. The molecule has 1 aliphatic rings. The van der Waals surface area contributed by atoms with E-state index in [1.54, 1.807) is 6.21 Å². The van der Waals surface area contributed by atoms with Crippen molar-refractivity contribution in [1.82, 2.24) is 0 Å². The van der Waals surface area contributed by atoms with E-state index in [0.29, 0.717) is 0 Å². The van der Waals surface area contributed by atoms with E-state index in [4.69, 9.17) is 0 Å². The van der Waals surface area contributed by atoms with Crippen molar-refractivity contribution in [1.29, 1.82) is 0 Å². The lowest BCUT2D eigenvalue weighted by Gasteiger charge is -1.89. The van der Waals surface area contributed by atoms with Gasteiger partial charge in [0.1, 0.15) is 0 Å². The Labute approximate surface area is 42.3 Å². The summed E-state index contributed by atoms with van der Waals surface area (Å²) in [6.45, 7) is 1.88. The van der Waals surface area contributed by atoms with Gasteiger partial charge in [0.25, 0.3) is 0 Å². The quantitative estimate of drug-likeness (QED) is 0.435. The molecular weight excluding hydrogens is 90.1 g/mol. The third-order valence-corrected chi connectivity index (χ3v) is 1.10. The van der Waals surface area contributed by atoms with Gasteiger partial charge in [0.05, 0.1) is 0 Å². The molecule has 38 valence electrons. The molecule has 0 saturated carbocycles. The zero-order valence-electron chi connectivity index (χ0n) is 4.22. The van der Waals surface area contributed by atoms with Gasteiger partial charge in [-0.2, -0.15) is 0 Å². The Kier molecular flexibility index (Phi) is 0.929. The normalized spacial score (nSPS) is 29.3. The van der Waals surface area contributed by atoms with Gasteiger partial charge >= 0.3 is 0 Å². The summed E-state index contributed by atoms with van der Waals surface area (Å²) in [5.41, 5.74) is 0. The fourth-order valence-corrected chi connectivity index (χ4v) is 0.529. The molecule has 0 radical (unpaired) electrons. The van der Waals surface area contributed by atoms with Gasteiger partial charge in [0.15, 0.2) is 0 Å². The summed E-state index contributed by atoms with van der Waals surface area (Å²) < 4.78 is 0. The third kappa shape index (κ3) is 0.683. The van der Waals surface area contributed by atoms with E-state index in [0.717, 1.165) is 6.42 Å². The number of aliphatic imine (C=N–C) groups is 1. The van der Waals surface area contributed by atoms with Crippen LogP contribution in [0.2, 0.25) is 0 Å². The summed E-state index contributed by atoms with van der Waals surface area (Å²) in [5, 5.41) is 0. The van der Waals surface area contributed by atoms with E-state index in [9.17, 15) is 4.79 Å². The molecule has 0 aromatic rings. The van der Waals surface area contributed by atoms with Crippen LogP contribution in [0.25, 0.3) is 0 Å². The van der Waals surface area contributed by atoms with Crippen LogP contribution in [0, 0.1) is 5.92 Å².